The fourth-order valence-electron chi connectivity index (χ4n) is 2.92. The highest BCUT2D eigenvalue weighted by Gasteiger charge is 2.16. The molecule has 0 radical (unpaired) electrons. The van der Waals surface area contributed by atoms with Crippen LogP contribution < -0.4 is 16.1 Å². The molecule has 1 fully saturated rings. The number of nitrogens with one attached hydrogen (secondary N) is 2. The number of H-pyrrole nitrogens is 1. The molecule has 0 spiro atoms. The van der Waals surface area contributed by atoms with Crippen LogP contribution in [0.15, 0.2) is 39.0 Å². The summed E-state index contributed by atoms with van der Waals surface area (Å²) in [5.74, 6) is -0.763. The number of aromatic nitrogens is 2. The number of aromatic hydroxyl groups is 1. The Hall–Kier alpha value is -2.94. The van der Waals surface area contributed by atoms with Crippen LogP contribution in [0.25, 0.3) is 0 Å². The second-order valence-electron chi connectivity index (χ2n) is 6.68. The van der Waals surface area contributed by atoms with Crippen molar-refractivity contribution >= 4 is 6.21 Å². The topological polar surface area (TPSA) is 95.1 Å². The maximum absolute atomic E-state index is 13.0. The number of aromatic amines is 1. The average Bonchev–Trinajstić information content (AvgIpc) is 2.64. The van der Waals surface area contributed by atoms with Gasteiger partial charge in [0.05, 0.1) is 39.4 Å². The summed E-state index contributed by atoms with van der Waals surface area (Å²) in [5, 5.41) is 16.5. The van der Waals surface area contributed by atoms with Crippen molar-refractivity contribution in [3.8, 4) is 5.88 Å². The second-order valence-corrected chi connectivity index (χ2v) is 6.68. The van der Waals surface area contributed by atoms with Crippen LogP contribution >= 0.6 is 0 Å². The third-order valence-corrected chi connectivity index (χ3v) is 4.69. The molecule has 0 saturated carbocycles. The molecular formula is C18H23FN5O3+. The SMILES string of the molecule is C[NH+]1CCN(/N=C/c2c(O)n(CCc3ccc(F)cc3)c(=O)[nH]c2=O)CC1. The zero-order chi connectivity index (χ0) is 19.4. The van der Waals surface area contributed by atoms with Gasteiger partial charge in [-0.25, -0.2) is 9.18 Å². The summed E-state index contributed by atoms with van der Waals surface area (Å²) in [7, 11) is 2.11. The van der Waals surface area contributed by atoms with Crippen molar-refractivity contribution in [3.05, 3.63) is 62.0 Å². The molecule has 27 heavy (non-hydrogen) atoms. The minimum Gasteiger partial charge on any atom is -0.494 e. The van der Waals surface area contributed by atoms with Gasteiger partial charge in [0.2, 0.25) is 5.88 Å². The Kier molecular flexibility index (Phi) is 5.70. The summed E-state index contributed by atoms with van der Waals surface area (Å²) in [5.41, 5.74) is -0.622. The molecule has 0 atom stereocenters. The van der Waals surface area contributed by atoms with Crippen molar-refractivity contribution < 1.29 is 14.4 Å². The maximum atomic E-state index is 13.0. The van der Waals surface area contributed by atoms with Gasteiger partial charge in [-0.1, -0.05) is 12.1 Å². The summed E-state index contributed by atoms with van der Waals surface area (Å²) in [6, 6.07) is 5.89. The van der Waals surface area contributed by atoms with Crippen LogP contribution in [0.4, 0.5) is 4.39 Å². The largest absolute Gasteiger partial charge is 0.494 e. The van der Waals surface area contributed by atoms with Crippen molar-refractivity contribution in [2.75, 3.05) is 33.2 Å². The first-order valence-electron chi connectivity index (χ1n) is 8.85. The number of halogens is 1. The van der Waals surface area contributed by atoms with Gasteiger partial charge in [0.25, 0.3) is 5.56 Å². The molecule has 1 aromatic heterocycles. The Balaban J connectivity index is 1.79. The number of nitrogens with zero attached hydrogens (tertiary/aromatic N) is 3. The molecule has 3 rings (SSSR count). The van der Waals surface area contributed by atoms with Crippen LogP contribution in [0.2, 0.25) is 0 Å². The lowest BCUT2D eigenvalue weighted by Crippen LogP contribution is -3.11. The molecule has 1 aliphatic heterocycles. The van der Waals surface area contributed by atoms with Crippen molar-refractivity contribution in [3.63, 3.8) is 0 Å². The van der Waals surface area contributed by atoms with E-state index in [2.05, 4.69) is 17.1 Å². The number of hydrogen-bond acceptors (Lipinski definition) is 5. The number of hydrogen-bond donors (Lipinski definition) is 3. The lowest BCUT2D eigenvalue weighted by molar-refractivity contribution is -0.884. The molecule has 2 aromatic rings. The minimum absolute atomic E-state index is 0.0556. The van der Waals surface area contributed by atoms with E-state index < -0.39 is 17.1 Å². The fourth-order valence-corrected chi connectivity index (χ4v) is 2.92. The van der Waals surface area contributed by atoms with Gasteiger partial charge in [0.15, 0.2) is 0 Å². The molecule has 3 N–H and O–H groups in total. The van der Waals surface area contributed by atoms with E-state index in [0.29, 0.717) is 6.42 Å². The molecule has 0 aliphatic carbocycles. The van der Waals surface area contributed by atoms with Crippen molar-refractivity contribution in [2.45, 2.75) is 13.0 Å². The predicted octanol–water partition coefficient (Wildman–Crippen LogP) is -1.21. The Bertz CT molecular complexity index is 927. The number of rotatable bonds is 5. The molecule has 1 aliphatic rings. The van der Waals surface area contributed by atoms with E-state index in [9.17, 15) is 19.1 Å². The molecule has 144 valence electrons. The monoisotopic (exact) mass is 376 g/mol. The van der Waals surface area contributed by atoms with E-state index in [1.165, 1.54) is 23.2 Å². The third-order valence-electron chi connectivity index (χ3n) is 4.69. The number of quaternary nitrogens is 1. The predicted molar refractivity (Wildman–Crippen MR) is 98.9 cm³/mol. The van der Waals surface area contributed by atoms with Crippen LogP contribution in [0.3, 0.4) is 0 Å². The molecular weight excluding hydrogens is 353 g/mol. The quantitative estimate of drug-likeness (QED) is 0.571. The van der Waals surface area contributed by atoms with Gasteiger partial charge in [-0.2, -0.15) is 5.10 Å². The van der Waals surface area contributed by atoms with Crippen LogP contribution in [0.5, 0.6) is 5.88 Å². The summed E-state index contributed by atoms with van der Waals surface area (Å²) in [6.45, 7) is 3.54. The number of piperazine rings is 1. The summed E-state index contributed by atoms with van der Waals surface area (Å²) < 4.78 is 14.1. The standard InChI is InChI=1S/C18H22FN5O3/c1-22-8-10-23(11-9-22)20-12-15-16(25)21-18(27)24(17(15)26)7-6-13-2-4-14(19)5-3-13/h2-5,12,26H,6-11H2,1H3,(H,21,25,27)/p+1/b20-12+. The van der Waals surface area contributed by atoms with Crippen LogP contribution in [-0.4, -0.2) is 59.1 Å². The van der Waals surface area contributed by atoms with E-state index in [4.69, 9.17) is 0 Å². The number of hydrazone groups is 1. The first-order valence-corrected chi connectivity index (χ1v) is 8.85. The van der Waals surface area contributed by atoms with E-state index in [1.807, 2.05) is 5.01 Å². The van der Waals surface area contributed by atoms with Crippen LogP contribution in [0, 0.1) is 5.82 Å². The zero-order valence-electron chi connectivity index (χ0n) is 15.1. The first-order chi connectivity index (χ1) is 12.9. The Morgan fingerprint density at radius 1 is 1.26 bits per heavy atom. The molecule has 0 amide bonds. The molecule has 1 aromatic carbocycles. The second kappa shape index (κ2) is 8.17. The van der Waals surface area contributed by atoms with Gasteiger partial charge in [-0.05, 0) is 24.1 Å². The zero-order valence-corrected chi connectivity index (χ0v) is 15.1. The van der Waals surface area contributed by atoms with E-state index in [0.717, 1.165) is 36.3 Å². The summed E-state index contributed by atoms with van der Waals surface area (Å²) >= 11 is 0. The van der Waals surface area contributed by atoms with Gasteiger partial charge < -0.3 is 10.0 Å². The summed E-state index contributed by atoms with van der Waals surface area (Å²) in [4.78, 5) is 27.7. The number of likely N-dealkylation sites (N-methyl/N-ethyl adjacent to an activating group) is 1. The van der Waals surface area contributed by atoms with E-state index in [1.54, 1.807) is 12.1 Å². The molecule has 2 heterocycles. The molecule has 1 saturated heterocycles. The first kappa shape index (κ1) is 18.8. The molecule has 9 heteroatoms. The highest BCUT2D eigenvalue weighted by molar-refractivity contribution is 5.81. The lowest BCUT2D eigenvalue weighted by Gasteiger charge is -2.27. The minimum atomic E-state index is -0.694. The fraction of sp³-hybridized carbons (Fsp3) is 0.389. The van der Waals surface area contributed by atoms with Gasteiger partial charge in [-0.3, -0.25) is 19.4 Å². The van der Waals surface area contributed by atoms with Crippen LogP contribution in [-0.2, 0) is 13.0 Å². The highest BCUT2D eigenvalue weighted by atomic mass is 19.1. The normalized spacial score (nSPS) is 15.6. The third kappa shape index (κ3) is 4.62. The molecule has 8 nitrogen and oxygen atoms in total. The number of aryl methyl sites for hydroxylation is 1. The Morgan fingerprint density at radius 3 is 2.59 bits per heavy atom. The van der Waals surface area contributed by atoms with Crippen LogP contribution in [0.1, 0.15) is 11.1 Å². The Labute approximate surface area is 155 Å². The van der Waals surface area contributed by atoms with Gasteiger partial charge in [0, 0.05) is 6.54 Å². The van der Waals surface area contributed by atoms with Gasteiger partial charge in [0.1, 0.15) is 11.4 Å². The molecule has 0 bridgehead atoms. The van der Waals surface area contributed by atoms with Crippen molar-refractivity contribution in [1.82, 2.24) is 14.6 Å². The van der Waals surface area contributed by atoms with Gasteiger partial charge >= 0.3 is 5.69 Å². The number of benzene rings is 1. The summed E-state index contributed by atoms with van der Waals surface area (Å²) in [6.07, 6.45) is 1.69. The smallest absolute Gasteiger partial charge is 0.331 e. The van der Waals surface area contributed by atoms with Crippen molar-refractivity contribution in [1.29, 1.82) is 0 Å². The van der Waals surface area contributed by atoms with Gasteiger partial charge in [-0.15, -0.1) is 0 Å². The van der Waals surface area contributed by atoms with E-state index >= 15 is 0 Å². The van der Waals surface area contributed by atoms with E-state index in [-0.39, 0.29) is 17.9 Å². The molecule has 0 unspecified atom stereocenters. The van der Waals surface area contributed by atoms with Crippen molar-refractivity contribution in [2.24, 2.45) is 5.10 Å². The Morgan fingerprint density at radius 2 is 1.93 bits per heavy atom. The highest BCUT2D eigenvalue weighted by Crippen LogP contribution is 2.11. The maximum Gasteiger partial charge on any atom is 0.331 e. The lowest BCUT2D eigenvalue weighted by atomic mass is 10.1. The average molecular weight is 376 g/mol.